The van der Waals surface area contributed by atoms with E-state index in [0.717, 1.165) is 60.3 Å². The van der Waals surface area contributed by atoms with E-state index in [4.69, 9.17) is 9.97 Å². The molecular formula is C28H35FN8O. The van der Waals surface area contributed by atoms with Gasteiger partial charge in [-0.15, -0.1) is 0 Å². The number of anilines is 5. The van der Waals surface area contributed by atoms with Gasteiger partial charge in [-0.25, -0.2) is 14.4 Å². The molecule has 3 aliphatic rings. The van der Waals surface area contributed by atoms with Gasteiger partial charge in [0.15, 0.2) is 0 Å². The van der Waals surface area contributed by atoms with Crippen LogP contribution in [0.15, 0.2) is 36.7 Å². The monoisotopic (exact) mass is 518 g/mol. The molecular weight excluding hydrogens is 483 g/mol. The first-order valence-electron chi connectivity index (χ1n) is 13.4. The lowest BCUT2D eigenvalue weighted by molar-refractivity contribution is 0.311. The van der Waals surface area contributed by atoms with Gasteiger partial charge in [-0.2, -0.15) is 9.97 Å². The van der Waals surface area contributed by atoms with Crippen molar-refractivity contribution < 1.29 is 9.50 Å². The van der Waals surface area contributed by atoms with E-state index < -0.39 is 0 Å². The molecule has 2 bridgehead atoms. The molecule has 1 saturated heterocycles. The van der Waals surface area contributed by atoms with Crippen LogP contribution in [0.4, 0.5) is 33.5 Å². The number of aliphatic hydroxyl groups is 1. The van der Waals surface area contributed by atoms with Crippen molar-refractivity contribution in [3.63, 3.8) is 0 Å². The van der Waals surface area contributed by atoms with Gasteiger partial charge in [0, 0.05) is 60.6 Å². The summed E-state index contributed by atoms with van der Waals surface area (Å²) >= 11 is 0. The fourth-order valence-corrected chi connectivity index (χ4v) is 6.43. The van der Waals surface area contributed by atoms with E-state index in [9.17, 15) is 9.50 Å². The van der Waals surface area contributed by atoms with Gasteiger partial charge < -0.3 is 25.5 Å². The molecule has 1 aliphatic carbocycles. The molecule has 0 radical (unpaired) electrons. The highest BCUT2D eigenvalue weighted by Crippen LogP contribution is 2.47. The van der Waals surface area contributed by atoms with Crippen LogP contribution in [0.25, 0.3) is 0 Å². The van der Waals surface area contributed by atoms with Crippen LogP contribution in [-0.2, 0) is 5.41 Å². The highest BCUT2D eigenvalue weighted by Gasteiger charge is 2.44. The molecule has 1 aromatic carbocycles. The second-order valence-corrected chi connectivity index (χ2v) is 11.4. The number of rotatable bonds is 7. The predicted octanol–water partition coefficient (Wildman–Crippen LogP) is 3.87. The summed E-state index contributed by atoms with van der Waals surface area (Å²) in [6, 6.07) is 8.88. The van der Waals surface area contributed by atoms with E-state index >= 15 is 0 Å². The quantitative estimate of drug-likeness (QED) is 0.430. The summed E-state index contributed by atoms with van der Waals surface area (Å²) in [6.07, 6.45) is 3.95. The van der Waals surface area contributed by atoms with Gasteiger partial charge in [0.2, 0.25) is 5.95 Å². The molecule has 0 amide bonds. The third-order valence-electron chi connectivity index (χ3n) is 8.16. The number of halogens is 1. The van der Waals surface area contributed by atoms with E-state index in [1.165, 1.54) is 12.1 Å². The first kappa shape index (κ1) is 24.8. The Bertz CT molecular complexity index is 1300. The molecule has 0 spiro atoms. The molecule has 6 rings (SSSR count). The fourth-order valence-electron chi connectivity index (χ4n) is 6.43. The first-order chi connectivity index (χ1) is 18.3. The van der Waals surface area contributed by atoms with Crippen LogP contribution in [0.3, 0.4) is 0 Å². The van der Waals surface area contributed by atoms with E-state index in [0.29, 0.717) is 30.9 Å². The highest BCUT2D eigenvalue weighted by molar-refractivity contribution is 5.75. The Balaban J connectivity index is 1.31. The van der Waals surface area contributed by atoms with Gasteiger partial charge in [0.25, 0.3) is 0 Å². The number of fused-ring (bicyclic) bond motifs is 3. The molecule has 3 aromatic rings. The Kier molecular flexibility index (Phi) is 6.29. The predicted molar refractivity (Wildman–Crippen MR) is 147 cm³/mol. The number of hydrogen-bond donors (Lipinski definition) is 3. The lowest BCUT2D eigenvalue weighted by Crippen LogP contribution is -2.48. The van der Waals surface area contributed by atoms with Crippen molar-refractivity contribution in [3.05, 3.63) is 53.7 Å². The minimum Gasteiger partial charge on any atom is -0.395 e. The van der Waals surface area contributed by atoms with Gasteiger partial charge in [0.05, 0.1) is 6.61 Å². The Morgan fingerprint density at radius 2 is 1.82 bits per heavy atom. The smallest absolute Gasteiger partial charge is 0.226 e. The lowest BCUT2D eigenvalue weighted by Gasteiger charge is -2.39. The van der Waals surface area contributed by atoms with Gasteiger partial charge >= 0.3 is 0 Å². The summed E-state index contributed by atoms with van der Waals surface area (Å²) in [5, 5.41) is 16.6. The maximum Gasteiger partial charge on any atom is 0.226 e. The normalized spacial score (nSPS) is 23.4. The van der Waals surface area contributed by atoms with Crippen LogP contribution >= 0.6 is 0 Å². The maximum absolute atomic E-state index is 13.7. The number of nitrogens with one attached hydrogen (secondary N) is 2. The Morgan fingerprint density at radius 1 is 1.08 bits per heavy atom. The van der Waals surface area contributed by atoms with Crippen molar-refractivity contribution in [2.45, 2.75) is 45.1 Å². The average Bonchev–Trinajstić information content (AvgIpc) is 3.28. The zero-order valence-corrected chi connectivity index (χ0v) is 22.2. The molecule has 1 saturated carbocycles. The molecule has 9 nitrogen and oxygen atoms in total. The molecule has 1 unspecified atom stereocenters. The van der Waals surface area contributed by atoms with E-state index in [1.54, 1.807) is 18.5 Å². The van der Waals surface area contributed by atoms with Gasteiger partial charge in [-0.3, -0.25) is 0 Å². The van der Waals surface area contributed by atoms with Crippen LogP contribution in [0, 0.1) is 24.6 Å². The number of aromatic nitrogens is 4. The number of aliphatic hydroxyl groups excluding tert-OH is 1. The third-order valence-corrected chi connectivity index (χ3v) is 8.16. The van der Waals surface area contributed by atoms with Crippen LogP contribution in [0.2, 0.25) is 0 Å². The molecule has 200 valence electrons. The second-order valence-electron chi connectivity index (χ2n) is 11.4. The van der Waals surface area contributed by atoms with Crippen molar-refractivity contribution in [1.82, 2.24) is 19.9 Å². The summed E-state index contributed by atoms with van der Waals surface area (Å²) in [6.45, 7) is 9.30. The highest BCUT2D eigenvalue weighted by atomic mass is 19.1. The summed E-state index contributed by atoms with van der Waals surface area (Å²) in [7, 11) is 0. The molecule has 2 aromatic heterocycles. The number of aryl methyl sites for hydroxylation is 1. The molecule has 3 atom stereocenters. The number of nitrogens with zero attached hydrogens (tertiary/aromatic N) is 6. The van der Waals surface area contributed by atoms with Crippen LogP contribution < -0.4 is 20.4 Å². The summed E-state index contributed by atoms with van der Waals surface area (Å²) in [5.74, 6) is 3.79. The SMILES string of the molecule is Cc1cc(N2C[C@H]3CC[C@@H](C2)C3Nc2nc(NCCO)c3c(n2)N(c2ccc(F)cc2)CC3(C)C)ncn1. The summed E-state index contributed by atoms with van der Waals surface area (Å²) in [4.78, 5) is 23.3. The Morgan fingerprint density at radius 3 is 2.50 bits per heavy atom. The maximum atomic E-state index is 13.7. The zero-order valence-electron chi connectivity index (χ0n) is 22.2. The van der Waals surface area contributed by atoms with Gasteiger partial charge in [-0.05, 0) is 55.9 Å². The second kappa shape index (κ2) is 9.65. The van der Waals surface area contributed by atoms with Gasteiger partial charge in [-0.1, -0.05) is 13.8 Å². The minimum atomic E-state index is -0.262. The molecule has 2 fully saturated rings. The molecule has 2 aliphatic heterocycles. The Hall–Kier alpha value is -3.53. The largest absolute Gasteiger partial charge is 0.395 e. The first-order valence-corrected chi connectivity index (χ1v) is 13.4. The van der Waals surface area contributed by atoms with Crippen molar-refractivity contribution >= 4 is 29.1 Å². The third kappa shape index (κ3) is 4.51. The summed E-state index contributed by atoms with van der Waals surface area (Å²) < 4.78 is 13.7. The molecule has 10 heteroatoms. The number of benzene rings is 1. The zero-order chi connectivity index (χ0) is 26.4. The van der Waals surface area contributed by atoms with Crippen LogP contribution in [0.1, 0.15) is 37.9 Å². The molecule has 38 heavy (non-hydrogen) atoms. The van der Waals surface area contributed by atoms with Crippen molar-refractivity contribution in [1.29, 1.82) is 0 Å². The average molecular weight is 519 g/mol. The van der Waals surface area contributed by atoms with Crippen LogP contribution in [0.5, 0.6) is 0 Å². The number of piperidine rings is 1. The van der Waals surface area contributed by atoms with E-state index in [1.807, 2.05) is 6.92 Å². The molecule has 3 N–H and O–H groups in total. The van der Waals surface area contributed by atoms with Crippen molar-refractivity contribution in [2.24, 2.45) is 11.8 Å². The summed E-state index contributed by atoms with van der Waals surface area (Å²) in [5.41, 5.74) is 2.65. The topological polar surface area (TPSA) is 102 Å². The standard InChI is InChI=1S/C28H35FN8O/c1-17-12-22(32-16-31-17)36-13-18-4-5-19(14-36)24(18)33-27-34-25(30-10-11-38)23-26(35-27)37(15-28(23,2)3)21-8-6-20(29)7-9-21/h6-9,12,16,18-19,24,38H,4-5,10-11,13-15H2,1-3H3,(H2,30,33,34,35)/t18-,19+,24?. The number of hydrogen-bond acceptors (Lipinski definition) is 9. The minimum absolute atomic E-state index is 0.00870. The van der Waals surface area contributed by atoms with E-state index in [2.05, 4.69) is 50.3 Å². The molecule has 4 heterocycles. The van der Waals surface area contributed by atoms with Crippen molar-refractivity contribution in [3.8, 4) is 0 Å². The van der Waals surface area contributed by atoms with Crippen LogP contribution in [-0.4, -0.2) is 63.9 Å². The van der Waals surface area contributed by atoms with E-state index in [-0.39, 0.29) is 23.9 Å². The van der Waals surface area contributed by atoms with Crippen molar-refractivity contribution in [2.75, 3.05) is 53.2 Å². The fraction of sp³-hybridized carbons (Fsp3) is 0.500. The lowest BCUT2D eigenvalue weighted by atomic mass is 9.88. The Labute approximate surface area is 222 Å². The van der Waals surface area contributed by atoms with Gasteiger partial charge in [0.1, 0.15) is 29.6 Å².